The minimum atomic E-state index is -0.211. The van der Waals surface area contributed by atoms with Gasteiger partial charge in [-0.3, -0.25) is 4.79 Å². The highest BCUT2D eigenvalue weighted by Gasteiger charge is 2.25. The summed E-state index contributed by atoms with van der Waals surface area (Å²) in [5.74, 6) is 2.71. The molecule has 2 aliphatic rings. The van der Waals surface area contributed by atoms with Crippen molar-refractivity contribution in [1.29, 1.82) is 0 Å². The van der Waals surface area contributed by atoms with Gasteiger partial charge >= 0.3 is 0 Å². The highest BCUT2D eigenvalue weighted by Crippen LogP contribution is 2.24. The standard InChI is InChI=1S/C22H29N3OS2/c1-17(22(26)25-10-7-21-19(16-25)8-13-28-21)23-20-4-2-18(3-5-20)6-9-24-11-14-27-15-12-24/h2-5,8,13,17,23H,6-7,9-12,14-16H2,1H3. The summed E-state index contributed by atoms with van der Waals surface area (Å²) in [5.41, 5.74) is 3.70. The number of hydrogen-bond acceptors (Lipinski definition) is 5. The summed E-state index contributed by atoms with van der Waals surface area (Å²) in [7, 11) is 0. The van der Waals surface area contributed by atoms with Gasteiger partial charge in [0.25, 0.3) is 0 Å². The number of nitrogens with one attached hydrogen (secondary N) is 1. The molecule has 0 bridgehead atoms. The van der Waals surface area contributed by atoms with E-state index in [-0.39, 0.29) is 11.9 Å². The van der Waals surface area contributed by atoms with Crippen LogP contribution in [-0.4, -0.2) is 59.4 Å². The summed E-state index contributed by atoms with van der Waals surface area (Å²) in [4.78, 5) is 18.8. The number of carbonyl (C=O) groups is 1. The van der Waals surface area contributed by atoms with Crippen LogP contribution in [0.5, 0.6) is 0 Å². The minimum Gasteiger partial charge on any atom is -0.374 e. The maximum atomic E-state index is 12.8. The van der Waals surface area contributed by atoms with E-state index in [0.29, 0.717) is 0 Å². The summed E-state index contributed by atoms with van der Waals surface area (Å²) in [6.07, 6.45) is 2.08. The molecule has 3 heterocycles. The van der Waals surface area contributed by atoms with E-state index in [2.05, 4.69) is 57.7 Å². The molecule has 2 aliphatic heterocycles. The molecular formula is C22H29N3OS2. The molecule has 0 aliphatic carbocycles. The molecule has 150 valence electrons. The van der Waals surface area contributed by atoms with E-state index >= 15 is 0 Å². The van der Waals surface area contributed by atoms with Crippen LogP contribution in [0.25, 0.3) is 0 Å². The fraction of sp³-hybridized carbons (Fsp3) is 0.500. The van der Waals surface area contributed by atoms with Crippen molar-refractivity contribution in [1.82, 2.24) is 9.80 Å². The fourth-order valence-corrected chi connectivity index (χ4v) is 5.77. The molecule has 1 N–H and O–H groups in total. The Morgan fingerprint density at radius 3 is 2.71 bits per heavy atom. The number of thiophene rings is 1. The molecule has 0 spiro atoms. The van der Waals surface area contributed by atoms with Crippen LogP contribution in [0.15, 0.2) is 35.7 Å². The van der Waals surface area contributed by atoms with Crippen LogP contribution in [0, 0.1) is 0 Å². The van der Waals surface area contributed by atoms with Crippen molar-refractivity contribution in [2.24, 2.45) is 0 Å². The third-order valence-electron chi connectivity index (χ3n) is 5.65. The third kappa shape index (κ3) is 4.91. The van der Waals surface area contributed by atoms with Crippen molar-refractivity contribution < 1.29 is 4.79 Å². The summed E-state index contributed by atoms with van der Waals surface area (Å²) in [5, 5.41) is 5.52. The van der Waals surface area contributed by atoms with Crippen molar-refractivity contribution in [3.63, 3.8) is 0 Å². The second-order valence-electron chi connectivity index (χ2n) is 7.65. The van der Waals surface area contributed by atoms with Crippen LogP contribution in [-0.2, 0) is 24.2 Å². The van der Waals surface area contributed by atoms with Gasteiger partial charge in [-0.1, -0.05) is 12.1 Å². The van der Waals surface area contributed by atoms with Crippen LogP contribution in [0.4, 0.5) is 5.69 Å². The molecule has 0 radical (unpaired) electrons. The van der Waals surface area contributed by atoms with Crippen LogP contribution < -0.4 is 5.32 Å². The van der Waals surface area contributed by atoms with E-state index in [4.69, 9.17) is 0 Å². The van der Waals surface area contributed by atoms with E-state index in [1.54, 1.807) is 11.3 Å². The summed E-state index contributed by atoms with van der Waals surface area (Å²) in [6, 6.07) is 10.5. The molecule has 0 saturated carbocycles. The zero-order valence-corrected chi connectivity index (χ0v) is 18.2. The van der Waals surface area contributed by atoms with Crippen molar-refractivity contribution in [3.8, 4) is 0 Å². The van der Waals surface area contributed by atoms with Crippen molar-refractivity contribution in [2.75, 3.05) is 43.0 Å². The quantitative estimate of drug-likeness (QED) is 0.780. The Labute approximate surface area is 176 Å². The Morgan fingerprint density at radius 1 is 1.14 bits per heavy atom. The number of hydrogen-bond donors (Lipinski definition) is 1. The lowest BCUT2D eigenvalue weighted by molar-refractivity contribution is -0.132. The molecule has 1 aromatic heterocycles. The van der Waals surface area contributed by atoms with Gasteiger partial charge in [-0.2, -0.15) is 11.8 Å². The Morgan fingerprint density at radius 2 is 1.93 bits per heavy atom. The number of thioether (sulfide) groups is 1. The lowest BCUT2D eigenvalue weighted by Crippen LogP contribution is -2.43. The molecule has 1 aromatic carbocycles. The highest BCUT2D eigenvalue weighted by atomic mass is 32.2. The van der Waals surface area contributed by atoms with Gasteiger partial charge in [-0.05, 0) is 54.5 Å². The van der Waals surface area contributed by atoms with Gasteiger partial charge in [-0.25, -0.2) is 0 Å². The smallest absolute Gasteiger partial charge is 0.245 e. The zero-order chi connectivity index (χ0) is 19.3. The number of rotatable bonds is 6. The number of fused-ring (bicyclic) bond motifs is 1. The largest absolute Gasteiger partial charge is 0.374 e. The van der Waals surface area contributed by atoms with Gasteiger partial charge in [0.2, 0.25) is 5.91 Å². The predicted octanol–water partition coefficient (Wildman–Crippen LogP) is 3.72. The van der Waals surface area contributed by atoms with E-state index in [1.165, 1.54) is 40.6 Å². The van der Waals surface area contributed by atoms with Crippen LogP contribution in [0.1, 0.15) is 22.9 Å². The van der Waals surface area contributed by atoms with Crippen molar-refractivity contribution in [2.45, 2.75) is 32.4 Å². The Kier molecular flexibility index (Phi) is 6.60. The number of nitrogens with zero attached hydrogens (tertiary/aromatic N) is 2. The first kappa shape index (κ1) is 19.8. The highest BCUT2D eigenvalue weighted by molar-refractivity contribution is 7.99. The molecule has 1 fully saturated rings. The normalized spacial score (nSPS) is 18.5. The van der Waals surface area contributed by atoms with E-state index in [1.807, 2.05) is 11.8 Å². The van der Waals surface area contributed by atoms with Crippen LogP contribution in [0.3, 0.4) is 0 Å². The van der Waals surface area contributed by atoms with E-state index < -0.39 is 0 Å². The molecule has 1 atom stereocenters. The van der Waals surface area contributed by atoms with Gasteiger partial charge in [0.15, 0.2) is 0 Å². The SMILES string of the molecule is CC(Nc1ccc(CCN2CCSCC2)cc1)C(=O)N1CCc2sccc2C1. The molecular weight excluding hydrogens is 386 g/mol. The van der Waals surface area contributed by atoms with Gasteiger partial charge in [0, 0.05) is 54.8 Å². The molecule has 2 aromatic rings. The van der Waals surface area contributed by atoms with Crippen molar-refractivity contribution >= 4 is 34.7 Å². The van der Waals surface area contributed by atoms with E-state index in [0.717, 1.165) is 38.2 Å². The summed E-state index contributed by atoms with van der Waals surface area (Å²) >= 11 is 3.86. The topological polar surface area (TPSA) is 35.6 Å². The van der Waals surface area contributed by atoms with E-state index in [9.17, 15) is 4.79 Å². The molecule has 28 heavy (non-hydrogen) atoms. The lowest BCUT2D eigenvalue weighted by Gasteiger charge is -2.30. The fourth-order valence-electron chi connectivity index (χ4n) is 3.90. The van der Waals surface area contributed by atoms with Gasteiger partial charge in [0.1, 0.15) is 6.04 Å². The Bertz CT molecular complexity index is 783. The first-order chi connectivity index (χ1) is 13.7. The van der Waals surface area contributed by atoms with Gasteiger partial charge in [-0.15, -0.1) is 11.3 Å². The zero-order valence-electron chi connectivity index (χ0n) is 16.5. The monoisotopic (exact) mass is 415 g/mol. The average Bonchev–Trinajstić information content (AvgIpc) is 3.21. The first-order valence-electron chi connectivity index (χ1n) is 10.2. The number of benzene rings is 1. The Balaban J connectivity index is 1.27. The number of anilines is 1. The Hall–Kier alpha value is -1.50. The molecule has 1 saturated heterocycles. The number of carbonyl (C=O) groups excluding carboxylic acids is 1. The molecule has 6 heteroatoms. The summed E-state index contributed by atoms with van der Waals surface area (Å²) in [6.45, 7) is 7.11. The maximum Gasteiger partial charge on any atom is 0.245 e. The summed E-state index contributed by atoms with van der Waals surface area (Å²) < 4.78 is 0. The third-order valence-corrected chi connectivity index (χ3v) is 7.61. The second kappa shape index (κ2) is 9.33. The molecule has 4 nitrogen and oxygen atoms in total. The molecule has 1 amide bonds. The average molecular weight is 416 g/mol. The van der Waals surface area contributed by atoms with Crippen LogP contribution in [0.2, 0.25) is 0 Å². The number of amides is 1. The minimum absolute atomic E-state index is 0.184. The molecule has 1 unspecified atom stereocenters. The first-order valence-corrected chi connectivity index (χ1v) is 12.2. The maximum absolute atomic E-state index is 12.8. The molecule has 4 rings (SSSR count). The van der Waals surface area contributed by atoms with Crippen LogP contribution >= 0.6 is 23.1 Å². The van der Waals surface area contributed by atoms with Gasteiger partial charge < -0.3 is 15.1 Å². The van der Waals surface area contributed by atoms with Gasteiger partial charge in [0.05, 0.1) is 0 Å². The second-order valence-corrected chi connectivity index (χ2v) is 9.87. The predicted molar refractivity (Wildman–Crippen MR) is 120 cm³/mol. The lowest BCUT2D eigenvalue weighted by atomic mass is 10.1. The van der Waals surface area contributed by atoms with Crippen molar-refractivity contribution in [3.05, 3.63) is 51.7 Å².